The summed E-state index contributed by atoms with van der Waals surface area (Å²) in [6.07, 6.45) is 0.793. The first-order valence-electron chi connectivity index (χ1n) is 5.92. The van der Waals surface area contributed by atoms with Crippen molar-refractivity contribution in [3.05, 3.63) is 49.4 Å². The summed E-state index contributed by atoms with van der Waals surface area (Å²) in [5.74, 6) is 0. The summed E-state index contributed by atoms with van der Waals surface area (Å²) in [6.45, 7) is 6.23. The van der Waals surface area contributed by atoms with Gasteiger partial charge in [0.15, 0.2) is 0 Å². The molecule has 2 rings (SSSR count). The molecule has 1 aromatic carbocycles. The molecule has 0 aliphatic rings. The second kappa shape index (κ2) is 5.51. The molecule has 0 bridgehead atoms. The van der Waals surface area contributed by atoms with Gasteiger partial charge in [-0.15, -0.1) is 11.3 Å². The largest absolute Gasteiger partial charge is 0.324 e. The van der Waals surface area contributed by atoms with E-state index in [0.717, 1.165) is 27.2 Å². The van der Waals surface area contributed by atoms with Gasteiger partial charge in [0.1, 0.15) is 0 Å². The van der Waals surface area contributed by atoms with Crippen molar-refractivity contribution < 1.29 is 0 Å². The highest BCUT2D eigenvalue weighted by Crippen LogP contribution is 2.27. The number of hydrogen-bond donors (Lipinski definition) is 1. The van der Waals surface area contributed by atoms with E-state index in [-0.39, 0.29) is 6.04 Å². The minimum Gasteiger partial charge on any atom is -0.324 e. The normalized spacial score (nSPS) is 12.7. The van der Waals surface area contributed by atoms with E-state index in [1.165, 1.54) is 10.4 Å². The van der Waals surface area contributed by atoms with Gasteiger partial charge in [0.05, 0.1) is 10.7 Å². The molecule has 18 heavy (non-hydrogen) atoms. The third kappa shape index (κ3) is 2.99. The molecule has 0 aliphatic heterocycles. The second-order valence-corrected chi connectivity index (χ2v) is 6.73. The predicted molar refractivity (Wildman–Crippen MR) is 81.1 cm³/mol. The molecule has 2 nitrogen and oxygen atoms in total. The van der Waals surface area contributed by atoms with Gasteiger partial charge in [-0.3, -0.25) is 0 Å². The zero-order valence-electron chi connectivity index (χ0n) is 10.8. The van der Waals surface area contributed by atoms with Crippen molar-refractivity contribution in [3.63, 3.8) is 0 Å². The Kier molecular flexibility index (Phi) is 4.20. The molecule has 0 spiro atoms. The van der Waals surface area contributed by atoms with Crippen LogP contribution in [-0.4, -0.2) is 4.98 Å². The van der Waals surface area contributed by atoms with Crippen molar-refractivity contribution >= 4 is 27.3 Å². The van der Waals surface area contributed by atoms with E-state index < -0.39 is 0 Å². The Hall–Kier alpha value is -0.710. The van der Waals surface area contributed by atoms with Crippen LogP contribution < -0.4 is 5.73 Å². The predicted octanol–water partition coefficient (Wildman–Crippen LogP) is 4.07. The summed E-state index contributed by atoms with van der Waals surface area (Å²) in [7, 11) is 0. The van der Waals surface area contributed by atoms with Crippen molar-refractivity contribution in [3.8, 4) is 0 Å². The average Bonchev–Trinajstić information content (AvgIpc) is 2.61. The summed E-state index contributed by atoms with van der Waals surface area (Å²) < 4.78 is 1.07. The van der Waals surface area contributed by atoms with Crippen LogP contribution in [0.4, 0.5) is 0 Å². The number of thiazole rings is 1. The molecule has 0 saturated heterocycles. The van der Waals surface area contributed by atoms with E-state index in [2.05, 4.69) is 53.0 Å². The zero-order valence-corrected chi connectivity index (χ0v) is 13.2. The number of rotatable bonds is 3. The lowest BCUT2D eigenvalue weighted by molar-refractivity contribution is 0.712. The number of halogens is 1. The van der Waals surface area contributed by atoms with Gasteiger partial charge in [0.2, 0.25) is 0 Å². The second-order valence-electron chi connectivity index (χ2n) is 4.58. The van der Waals surface area contributed by atoms with Crippen molar-refractivity contribution in [2.45, 2.75) is 33.2 Å². The summed E-state index contributed by atoms with van der Waals surface area (Å²) in [4.78, 5) is 5.83. The fraction of sp³-hybridized carbons (Fsp3) is 0.357. The van der Waals surface area contributed by atoms with E-state index in [0.29, 0.717) is 0 Å². The lowest BCUT2D eigenvalue weighted by Crippen LogP contribution is -2.14. The number of nitrogens with zero attached hydrogens (tertiary/aromatic N) is 1. The van der Waals surface area contributed by atoms with Crippen molar-refractivity contribution in [1.29, 1.82) is 0 Å². The number of aromatic nitrogens is 1. The molecule has 0 radical (unpaired) electrons. The van der Waals surface area contributed by atoms with Crippen molar-refractivity contribution in [2.75, 3.05) is 0 Å². The summed E-state index contributed by atoms with van der Waals surface area (Å²) >= 11 is 5.31. The summed E-state index contributed by atoms with van der Waals surface area (Å²) in [5, 5.41) is 1.12. The molecule has 0 saturated carbocycles. The highest BCUT2D eigenvalue weighted by molar-refractivity contribution is 9.10. The molecule has 0 amide bonds. The molecule has 96 valence electrons. The molecular formula is C14H17BrN2S. The van der Waals surface area contributed by atoms with Crippen LogP contribution in [0.2, 0.25) is 0 Å². The molecular weight excluding hydrogens is 308 g/mol. The number of benzene rings is 1. The van der Waals surface area contributed by atoms with Crippen molar-refractivity contribution in [2.24, 2.45) is 5.73 Å². The van der Waals surface area contributed by atoms with Gasteiger partial charge in [-0.1, -0.05) is 33.6 Å². The Bertz CT molecular complexity index is 543. The van der Waals surface area contributed by atoms with E-state index in [1.54, 1.807) is 11.3 Å². The van der Waals surface area contributed by atoms with E-state index in [9.17, 15) is 0 Å². The minimum absolute atomic E-state index is 0.00998. The minimum atomic E-state index is -0.00998. The van der Waals surface area contributed by atoms with Crippen LogP contribution in [0.15, 0.2) is 22.7 Å². The topological polar surface area (TPSA) is 38.9 Å². The fourth-order valence-electron chi connectivity index (χ4n) is 1.87. The molecule has 2 N–H and O–H groups in total. The van der Waals surface area contributed by atoms with E-state index in [1.807, 2.05) is 6.92 Å². The van der Waals surface area contributed by atoms with Gasteiger partial charge < -0.3 is 5.73 Å². The lowest BCUT2D eigenvalue weighted by Gasteiger charge is -2.13. The highest BCUT2D eigenvalue weighted by Gasteiger charge is 2.13. The Balaban J connectivity index is 2.21. The maximum absolute atomic E-state index is 6.29. The third-order valence-electron chi connectivity index (χ3n) is 3.02. The van der Waals surface area contributed by atoms with Crippen LogP contribution in [0.5, 0.6) is 0 Å². The highest BCUT2D eigenvalue weighted by atomic mass is 79.9. The summed E-state index contributed by atoms with van der Waals surface area (Å²) in [6, 6.07) is 6.27. The summed E-state index contributed by atoms with van der Waals surface area (Å²) in [5.41, 5.74) is 9.79. The molecule has 1 atom stereocenters. The number of nitrogens with two attached hydrogens (primary N) is 1. The smallest absolute Gasteiger partial charge is 0.0949 e. The maximum Gasteiger partial charge on any atom is 0.0949 e. The Morgan fingerprint density at radius 3 is 2.67 bits per heavy atom. The van der Waals surface area contributed by atoms with Gasteiger partial charge in [-0.25, -0.2) is 4.98 Å². The van der Waals surface area contributed by atoms with Crippen LogP contribution >= 0.6 is 27.3 Å². The molecule has 0 aliphatic carbocycles. The van der Waals surface area contributed by atoms with Gasteiger partial charge in [-0.05, 0) is 32.4 Å². The standard InChI is InChI=1S/C14H17BrN2S/c1-8-4-5-12(15)11(6-8)13(16)7-14-17-9(2)10(3)18-14/h4-6,13H,7,16H2,1-3H3. The zero-order chi connectivity index (χ0) is 13.3. The molecule has 1 unspecified atom stereocenters. The molecule has 1 heterocycles. The maximum atomic E-state index is 6.29. The molecule has 4 heteroatoms. The van der Waals surface area contributed by atoms with E-state index >= 15 is 0 Å². The lowest BCUT2D eigenvalue weighted by atomic mass is 10.0. The Morgan fingerprint density at radius 1 is 1.33 bits per heavy atom. The number of hydrogen-bond acceptors (Lipinski definition) is 3. The monoisotopic (exact) mass is 324 g/mol. The molecule has 0 fully saturated rings. The van der Waals surface area contributed by atoms with Crippen LogP contribution in [0.25, 0.3) is 0 Å². The van der Waals surface area contributed by atoms with Gasteiger partial charge in [0.25, 0.3) is 0 Å². The molecule has 1 aromatic heterocycles. The molecule has 2 aromatic rings. The van der Waals surface area contributed by atoms with E-state index in [4.69, 9.17) is 5.73 Å². The van der Waals surface area contributed by atoms with Crippen LogP contribution in [0.1, 0.15) is 32.7 Å². The Morgan fingerprint density at radius 2 is 2.06 bits per heavy atom. The van der Waals surface area contributed by atoms with Crippen LogP contribution in [-0.2, 0) is 6.42 Å². The quantitative estimate of drug-likeness (QED) is 0.924. The first-order chi connectivity index (χ1) is 8.47. The third-order valence-corrected chi connectivity index (χ3v) is 4.84. The van der Waals surface area contributed by atoms with Crippen molar-refractivity contribution in [1.82, 2.24) is 4.98 Å². The van der Waals surface area contributed by atoms with Crippen LogP contribution in [0.3, 0.4) is 0 Å². The van der Waals surface area contributed by atoms with Crippen LogP contribution in [0, 0.1) is 20.8 Å². The Labute approximate surface area is 120 Å². The first-order valence-corrected chi connectivity index (χ1v) is 7.53. The van der Waals surface area contributed by atoms with Gasteiger partial charge >= 0.3 is 0 Å². The first kappa shape index (κ1) is 13.7. The average molecular weight is 325 g/mol. The fourth-order valence-corrected chi connectivity index (χ4v) is 3.40. The van der Waals surface area contributed by atoms with Gasteiger partial charge in [0, 0.05) is 21.8 Å². The van der Waals surface area contributed by atoms with Gasteiger partial charge in [-0.2, -0.15) is 0 Å². The SMILES string of the molecule is Cc1ccc(Br)c(C(N)Cc2nc(C)c(C)s2)c1. The number of aryl methyl sites for hydroxylation is 3.